The van der Waals surface area contributed by atoms with Crippen LogP contribution >= 0.6 is 11.6 Å². The zero-order chi connectivity index (χ0) is 16.5. The van der Waals surface area contributed by atoms with Crippen LogP contribution in [0.15, 0.2) is 65.6 Å². The predicted molar refractivity (Wildman–Crippen MR) is 95.7 cm³/mol. The average molecular weight is 345 g/mol. The van der Waals surface area contributed by atoms with Crippen LogP contribution in [0.25, 0.3) is 6.08 Å². The van der Waals surface area contributed by atoms with E-state index in [4.69, 9.17) is 11.6 Å². The molecule has 0 aliphatic rings. The second kappa shape index (κ2) is 8.57. The molecule has 0 saturated carbocycles. The van der Waals surface area contributed by atoms with E-state index >= 15 is 0 Å². The van der Waals surface area contributed by atoms with Gasteiger partial charge in [0, 0.05) is 16.7 Å². The van der Waals surface area contributed by atoms with Gasteiger partial charge >= 0.3 is 0 Å². The molecule has 0 saturated heterocycles. The lowest BCUT2D eigenvalue weighted by Gasteiger charge is -1.95. The maximum Gasteiger partial charge on any atom is 0.245 e. The van der Waals surface area contributed by atoms with Crippen molar-refractivity contribution in [3.63, 3.8) is 0 Å². The number of hydrogen-bond donors (Lipinski definition) is 0. The summed E-state index contributed by atoms with van der Waals surface area (Å²) in [7, 11) is -3.49. The van der Waals surface area contributed by atoms with Crippen molar-refractivity contribution < 1.29 is 8.42 Å². The van der Waals surface area contributed by atoms with Gasteiger partial charge in [-0.25, -0.2) is 8.42 Å². The second-order valence-corrected chi connectivity index (χ2v) is 7.06. The largest absolute Gasteiger partial charge is 0.245 e. The van der Waals surface area contributed by atoms with Crippen LogP contribution in [0.5, 0.6) is 0 Å². The van der Waals surface area contributed by atoms with Crippen LogP contribution in [0.4, 0.5) is 0 Å². The van der Waals surface area contributed by atoms with Crippen molar-refractivity contribution in [2.75, 3.05) is 0 Å². The maximum absolute atomic E-state index is 11.9. The first-order valence-corrected chi connectivity index (χ1v) is 9.16. The van der Waals surface area contributed by atoms with Gasteiger partial charge in [-0.3, -0.25) is 0 Å². The summed E-state index contributed by atoms with van der Waals surface area (Å²) in [5.74, 6) is 2.74. The van der Waals surface area contributed by atoms with Gasteiger partial charge in [0.1, 0.15) is 0 Å². The Morgan fingerprint density at radius 1 is 1.00 bits per heavy atom. The number of unbranched alkanes of at least 4 members (excludes halogenated alkanes) is 2. The average Bonchev–Trinajstić information content (AvgIpc) is 2.56. The Morgan fingerprint density at radius 2 is 1.70 bits per heavy atom. The highest BCUT2D eigenvalue weighted by Crippen LogP contribution is 2.11. The highest BCUT2D eigenvalue weighted by molar-refractivity contribution is 7.96. The maximum atomic E-state index is 11.9. The van der Waals surface area contributed by atoms with Crippen LogP contribution in [0.1, 0.15) is 24.8 Å². The zero-order valence-electron chi connectivity index (χ0n) is 12.6. The molecule has 2 aromatic carbocycles. The third kappa shape index (κ3) is 5.94. The van der Waals surface area contributed by atoms with Crippen molar-refractivity contribution in [1.29, 1.82) is 0 Å². The molecular weight excluding hydrogens is 328 g/mol. The Kier molecular flexibility index (Phi) is 6.46. The minimum Gasteiger partial charge on any atom is -0.210 e. The normalized spacial score (nSPS) is 11.2. The fourth-order valence-electron chi connectivity index (χ4n) is 1.91. The number of sulfone groups is 1. The number of benzene rings is 2. The molecule has 0 amide bonds. The lowest BCUT2D eigenvalue weighted by atomic mass is 10.1. The Balaban J connectivity index is 1.79. The molecule has 0 atom stereocenters. The molecule has 118 valence electrons. The van der Waals surface area contributed by atoms with Crippen LogP contribution in [0.3, 0.4) is 0 Å². The highest BCUT2D eigenvalue weighted by Gasteiger charge is 2.08. The lowest BCUT2D eigenvalue weighted by Crippen LogP contribution is -1.95. The van der Waals surface area contributed by atoms with E-state index in [0.717, 1.165) is 23.4 Å². The molecule has 2 nitrogen and oxygen atoms in total. The molecule has 2 aromatic rings. The monoisotopic (exact) mass is 344 g/mol. The smallest absolute Gasteiger partial charge is 0.210 e. The Morgan fingerprint density at radius 3 is 2.39 bits per heavy atom. The van der Waals surface area contributed by atoms with Crippen molar-refractivity contribution in [3.05, 3.63) is 71.3 Å². The number of hydrogen-bond acceptors (Lipinski definition) is 2. The SMILES string of the molecule is O=S(=O)(C#CCCC/C=C/c1ccc(Cl)cc1)c1ccccc1. The van der Waals surface area contributed by atoms with Gasteiger partial charge in [-0.15, -0.1) is 0 Å². The molecule has 0 radical (unpaired) electrons. The zero-order valence-corrected chi connectivity index (χ0v) is 14.1. The molecule has 0 bridgehead atoms. The van der Waals surface area contributed by atoms with Gasteiger partial charge in [0.05, 0.1) is 4.90 Å². The molecule has 4 heteroatoms. The molecule has 0 aliphatic carbocycles. The number of allylic oxidation sites excluding steroid dienone is 1. The van der Waals surface area contributed by atoms with Gasteiger partial charge in [0.2, 0.25) is 9.84 Å². The quantitative estimate of drug-likeness (QED) is 0.436. The molecule has 0 spiro atoms. The second-order valence-electron chi connectivity index (χ2n) is 4.94. The van der Waals surface area contributed by atoms with Crippen molar-refractivity contribution >= 4 is 27.5 Å². The summed E-state index contributed by atoms with van der Waals surface area (Å²) >= 11 is 5.82. The number of halogens is 1. The predicted octanol–water partition coefficient (Wildman–Crippen LogP) is 4.96. The van der Waals surface area contributed by atoms with E-state index in [0.29, 0.717) is 6.42 Å². The fourth-order valence-corrected chi connectivity index (χ4v) is 2.96. The molecule has 0 aliphatic heterocycles. The topological polar surface area (TPSA) is 34.1 Å². The summed E-state index contributed by atoms with van der Waals surface area (Å²) in [6, 6.07) is 15.9. The third-order valence-corrected chi connectivity index (χ3v) is 4.67. The van der Waals surface area contributed by atoms with Crippen molar-refractivity contribution in [3.8, 4) is 11.2 Å². The summed E-state index contributed by atoms with van der Waals surface area (Å²) in [4.78, 5) is 0.245. The summed E-state index contributed by atoms with van der Waals surface area (Å²) in [6.07, 6.45) is 6.29. The summed E-state index contributed by atoms with van der Waals surface area (Å²) in [6.45, 7) is 0. The molecule has 0 unspecified atom stereocenters. The van der Waals surface area contributed by atoms with E-state index in [1.54, 1.807) is 30.3 Å². The first-order valence-electron chi connectivity index (χ1n) is 7.30. The van der Waals surface area contributed by atoms with Crippen molar-refractivity contribution in [2.24, 2.45) is 0 Å². The van der Waals surface area contributed by atoms with E-state index in [1.807, 2.05) is 30.3 Å². The van der Waals surface area contributed by atoms with E-state index in [2.05, 4.69) is 17.2 Å². The molecule has 0 N–H and O–H groups in total. The number of rotatable bonds is 5. The Bertz CT molecular complexity index is 811. The van der Waals surface area contributed by atoms with Crippen LogP contribution in [0, 0.1) is 11.2 Å². The fraction of sp³-hybridized carbons (Fsp3) is 0.158. The van der Waals surface area contributed by atoms with Crippen LogP contribution in [-0.2, 0) is 9.84 Å². The molecule has 2 rings (SSSR count). The first-order chi connectivity index (χ1) is 11.1. The molecule has 0 aromatic heterocycles. The van der Waals surface area contributed by atoms with Crippen LogP contribution < -0.4 is 0 Å². The molecule has 23 heavy (non-hydrogen) atoms. The van der Waals surface area contributed by atoms with E-state index in [-0.39, 0.29) is 4.90 Å². The standard InChI is InChI=1S/C19H17ClO2S/c20-18-14-12-17(13-15-18)9-5-2-1-3-8-16-23(21,22)19-10-6-4-7-11-19/h4-7,9-15H,1-3H2/b9-5+. The van der Waals surface area contributed by atoms with Gasteiger partial charge < -0.3 is 0 Å². The highest BCUT2D eigenvalue weighted by atomic mass is 35.5. The minimum absolute atomic E-state index is 0.245. The first kappa shape index (κ1) is 17.3. The molecule has 0 heterocycles. The molecular formula is C19H17ClO2S. The van der Waals surface area contributed by atoms with Gasteiger partial charge in [-0.1, -0.05) is 60.0 Å². The van der Waals surface area contributed by atoms with E-state index in [1.165, 1.54) is 0 Å². The van der Waals surface area contributed by atoms with Crippen molar-refractivity contribution in [1.82, 2.24) is 0 Å². The summed E-state index contributed by atoms with van der Waals surface area (Å²) in [5.41, 5.74) is 1.09. The van der Waals surface area contributed by atoms with E-state index in [9.17, 15) is 8.42 Å². The lowest BCUT2D eigenvalue weighted by molar-refractivity contribution is 0.606. The third-order valence-electron chi connectivity index (χ3n) is 3.11. The van der Waals surface area contributed by atoms with Gasteiger partial charge in [-0.05, 0) is 42.7 Å². The van der Waals surface area contributed by atoms with E-state index < -0.39 is 9.84 Å². The van der Waals surface area contributed by atoms with Crippen LogP contribution in [-0.4, -0.2) is 8.42 Å². The minimum atomic E-state index is -3.49. The molecule has 0 fully saturated rings. The van der Waals surface area contributed by atoms with Gasteiger partial charge in [0.25, 0.3) is 0 Å². The van der Waals surface area contributed by atoms with Gasteiger partial charge in [0.15, 0.2) is 0 Å². The van der Waals surface area contributed by atoms with Gasteiger partial charge in [-0.2, -0.15) is 0 Å². The van der Waals surface area contributed by atoms with Crippen LogP contribution in [0.2, 0.25) is 5.02 Å². The Labute approximate surface area is 142 Å². The van der Waals surface area contributed by atoms with Crippen molar-refractivity contribution in [2.45, 2.75) is 24.2 Å². The summed E-state index contributed by atoms with van der Waals surface area (Å²) in [5, 5.41) is 3.09. The summed E-state index contributed by atoms with van der Waals surface area (Å²) < 4.78 is 23.9. The Hall–Kier alpha value is -2.02.